The van der Waals surface area contributed by atoms with Crippen LogP contribution in [0, 0.1) is 5.41 Å². The van der Waals surface area contributed by atoms with Gasteiger partial charge in [0.2, 0.25) is 5.91 Å². The highest BCUT2D eigenvalue weighted by molar-refractivity contribution is 5.95. The van der Waals surface area contributed by atoms with Crippen molar-refractivity contribution in [3.63, 3.8) is 0 Å². The Bertz CT molecular complexity index is 478. The molecule has 0 aromatic rings. The van der Waals surface area contributed by atoms with Gasteiger partial charge in [0, 0.05) is 13.7 Å². The number of carbonyl (C=O) groups excluding carboxylic acids is 2. The topological polar surface area (TPSA) is 67.9 Å². The number of ether oxygens (including phenoxy) is 2. The number of hydrogen-bond donors (Lipinski definition) is 1. The molecule has 3 aliphatic rings. The van der Waals surface area contributed by atoms with E-state index in [1.165, 1.54) is 0 Å². The summed E-state index contributed by atoms with van der Waals surface area (Å²) >= 11 is 0. The van der Waals surface area contributed by atoms with Crippen molar-refractivity contribution in [2.24, 2.45) is 5.41 Å². The number of hydrogen-bond acceptors (Lipinski definition) is 5. The van der Waals surface area contributed by atoms with Crippen LogP contribution in [0.5, 0.6) is 0 Å². The molecule has 116 valence electrons. The average Bonchev–Trinajstić information content (AvgIpc) is 2.86. The molecular weight excluding hydrogens is 272 g/mol. The fraction of sp³-hybridized carbons (Fsp3) is 0.733. The molecule has 2 fully saturated rings. The van der Waals surface area contributed by atoms with E-state index in [2.05, 4.69) is 5.32 Å². The van der Waals surface area contributed by atoms with Crippen LogP contribution in [0.15, 0.2) is 11.3 Å². The number of carbonyl (C=O) groups is 2. The predicted molar refractivity (Wildman–Crippen MR) is 75.3 cm³/mol. The van der Waals surface area contributed by atoms with Gasteiger partial charge in [-0.15, -0.1) is 0 Å². The van der Waals surface area contributed by atoms with E-state index in [1.807, 2.05) is 0 Å². The molecule has 6 heteroatoms. The van der Waals surface area contributed by atoms with Gasteiger partial charge in [-0.25, -0.2) is 4.79 Å². The van der Waals surface area contributed by atoms with Crippen molar-refractivity contribution in [1.82, 2.24) is 10.2 Å². The molecule has 0 aliphatic carbocycles. The highest BCUT2D eigenvalue weighted by atomic mass is 16.5. The fourth-order valence-electron chi connectivity index (χ4n) is 3.62. The van der Waals surface area contributed by atoms with E-state index in [-0.39, 0.29) is 30.5 Å². The van der Waals surface area contributed by atoms with Gasteiger partial charge < -0.3 is 19.7 Å². The second-order valence-electron chi connectivity index (χ2n) is 6.03. The maximum absolute atomic E-state index is 12.9. The molecule has 2 saturated heterocycles. The van der Waals surface area contributed by atoms with Gasteiger partial charge >= 0.3 is 5.97 Å². The third-order valence-electron chi connectivity index (χ3n) is 4.85. The van der Waals surface area contributed by atoms with E-state index in [9.17, 15) is 9.59 Å². The number of rotatable bonds is 3. The molecule has 0 aromatic heterocycles. The second-order valence-corrected chi connectivity index (χ2v) is 6.03. The van der Waals surface area contributed by atoms with E-state index in [1.54, 1.807) is 12.0 Å². The number of amides is 1. The minimum absolute atomic E-state index is 0.160. The first-order valence-electron chi connectivity index (χ1n) is 7.59. The molecule has 3 rings (SSSR count). The minimum atomic E-state index is -0.358. The summed E-state index contributed by atoms with van der Waals surface area (Å²) < 4.78 is 10.2. The van der Waals surface area contributed by atoms with Crippen molar-refractivity contribution in [2.45, 2.75) is 25.7 Å². The van der Waals surface area contributed by atoms with Crippen LogP contribution in [0.2, 0.25) is 0 Å². The van der Waals surface area contributed by atoms with Crippen molar-refractivity contribution in [3.05, 3.63) is 11.3 Å². The molecule has 0 bridgehead atoms. The van der Waals surface area contributed by atoms with Crippen molar-refractivity contribution in [1.29, 1.82) is 0 Å². The molecule has 1 N–H and O–H groups in total. The average molecular weight is 294 g/mol. The Balaban J connectivity index is 1.84. The zero-order valence-electron chi connectivity index (χ0n) is 12.4. The molecular formula is C15H22N2O4. The number of methoxy groups -OCH3 is 1. The smallest absolute Gasteiger partial charge is 0.338 e. The van der Waals surface area contributed by atoms with Gasteiger partial charge in [0.25, 0.3) is 0 Å². The lowest BCUT2D eigenvalue weighted by Gasteiger charge is -2.26. The molecule has 21 heavy (non-hydrogen) atoms. The van der Waals surface area contributed by atoms with E-state index in [4.69, 9.17) is 9.47 Å². The zero-order valence-corrected chi connectivity index (χ0v) is 12.4. The Hall–Kier alpha value is -1.40. The molecule has 1 spiro atoms. The largest absolute Gasteiger partial charge is 0.456 e. The fourth-order valence-corrected chi connectivity index (χ4v) is 3.62. The molecule has 1 atom stereocenters. The highest BCUT2D eigenvalue weighted by Crippen LogP contribution is 2.42. The molecule has 0 saturated carbocycles. The van der Waals surface area contributed by atoms with Crippen LogP contribution in [0.25, 0.3) is 0 Å². The molecule has 1 amide bonds. The lowest BCUT2D eigenvalue weighted by Crippen LogP contribution is -2.35. The van der Waals surface area contributed by atoms with E-state index in [0.29, 0.717) is 17.8 Å². The SMILES string of the molecule is COCC1=C(N2CCC3(CCCNCC3)C2=O)COC1=O. The van der Waals surface area contributed by atoms with Crippen molar-refractivity contribution in [2.75, 3.05) is 40.0 Å². The number of cyclic esters (lactones) is 1. The molecule has 6 nitrogen and oxygen atoms in total. The quantitative estimate of drug-likeness (QED) is 0.765. The van der Waals surface area contributed by atoms with Gasteiger partial charge in [-0.2, -0.15) is 0 Å². The Morgan fingerprint density at radius 1 is 1.29 bits per heavy atom. The molecule has 3 aliphatic heterocycles. The van der Waals surface area contributed by atoms with Gasteiger partial charge in [-0.05, 0) is 38.8 Å². The normalized spacial score (nSPS) is 30.2. The van der Waals surface area contributed by atoms with Gasteiger partial charge in [0.15, 0.2) is 0 Å². The van der Waals surface area contributed by atoms with Gasteiger partial charge in [0.1, 0.15) is 6.61 Å². The number of esters is 1. The summed E-state index contributed by atoms with van der Waals surface area (Å²) in [6, 6.07) is 0. The lowest BCUT2D eigenvalue weighted by atomic mass is 9.79. The van der Waals surface area contributed by atoms with Crippen LogP contribution in [0.3, 0.4) is 0 Å². The molecule has 3 heterocycles. The lowest BCUT2D eigenvalue weighted by molar-refractivity contribution is -0.138. The molecule has 1 unspecified atom stereocenters. The van der Waals surface area contributed by atoms with Gasteiger partial charge in [0.05, 0.1) is 23.3 Å². The predicted octanol–water partition coefficient (Wildman–Crippen LogP) is 0.436. The first kappa shape index (κ1) is 14.5. The van der Waals surface area contributed by atoms with Crippen molar-refractivity contribution < 1.29 is 19.1 Å². The summed E-state index contributed by atoms with van der Waals surface area (Å²) in [4.78, 5) is 26.5. The van der Waals surface area contributed by atoms with Gasteiger partial charge in [-0.3, -0.25) is 4.79 Å². The number of nitrogens with one attached hydrogen (secondary N) is 1. The van der Waals surface area contributed by atoms with Crippen LogP contribution in [0.4, 0.5) is 0 Å². The third kappa shape index (κ3) is 2.46. The monoisotopic (exact) mass is 294 g/mol. The second kappa shape index (κ2) is 5.77. The van der Waals surface area contributed by atoms with Crippen molar-refractivity contribution >= 4 is 11.9 Å². The zero-order chi connectivity index (χ0) is 14.9. The first-order chi connectivity index (χ1) is 10.2. The van der Waals surface area contributed by atoms with Crippen LogP contribution < -0.4 is 5.32 Å². The van der Waals surface area contributed by atoms with Crippen LogP contribution in [-0.2, 0) is 19.1 Å². The Morgan fingerprint density at radius 3 is 2.95 bits per heavy atom. The van der Waals surface area contributed by atoms with E-state index >= 15 is 0 Å². The van der Waals surface area contributed by atoms with Crippen molar-refractivity contribution in [3.8, 4) is 0 Å². The summed E-state index contributed by atoms with van der Waals surface area (Å²) in [7, 11) is 1.54. The Labute approximate surface area is 124 Å². The molecule has 0 radical (unpaired) electrons. The maximum Gasteiger partial charge on any atom is 0.338 e. The third-order valence-corrected chi connectivity index (χ3v) is 4.85. The summed E-state index contributed by atoms with van der Waals surface area (Å²) in [6.07, 6.45) is 3.70. The maximum atomic E-state index is 12.9. The first-order valence-corrected chi connectivity index (χ1v) is 7.59. The number of nitrogens with zero attached hydrogens (tertiary/aromatic N) is 1. The summed E-state index contributed by atoms with van der Waals surface area (Å²) in [6.45, 7) is 2.94. The standard InChI is InChI=1S/C15H22N2O4/c1-20-9-11-12(10-21-13(11)18)17-8-5-15(14(17)19)3-2-6-16-7-4-15/h16H,2-10H2,1H3. The summed E-state index contributed by atoms with van der Waals surface area (Å²) in [5.74, 6) is -0.198. The number of likely N-dealkylation sites (tertiary alicyclic amines) is 1. The summed E-state index contributed by atoms with van der Waals surface area (Å²) in [5, 5.41) is 3.36. The van der Waals surface area contributed by atoms with Crippen LogP contribution in [0.1, 0.15) is 25.7 Å². The van der Waals surface area contributed by atoms with E-state index in [0.717, 1.165) is 38.8 Å². The highest BCUT2D eigenvalue weighted by Gasteiger charge is 2.48. The Kier molecular flexibility index (Phi) is 3.99. The Morgan fingerprint density at radius 2 is 2.14 bits per heavy atom. The minimum Gasteiger partial charge on any atom is -0.456 e. The van der Waals surface area contributed by atoms with Crippen LogP contribution in [-0.4, -0.2) is 56.7 Å². The van der Waals surface area contributed by atoms with E-state index < -0.39 is 0 Å². The summed E-state index contributed by atoms with van der Waals surface area (Å²) in [5.41, 5.74) is 0.955. The van der Waals surface area contributed by atoms with Gasteiger partial charge in [-0.1, -0.05) is 0 Å². The molecule has 0 aromatic carbocycles. The van der Waals surface area contributed by atoms with Crippen LogP contribution >= 0.6 is 0 Å².